The number of hydrogen-bond donors (Lipinski definition) is 0. The van der Waals surface area contributed by atoms with Crippen LogP contribution in [0.2, 0.25) is 0 Å². The van der Waals surface area contributed by atoms with Crippen LogP contribution in [-0.2, 0) is 0 Å². The van der Waals surface area contributed by atoms with E-state index in [2.05, 4.69) is 10.1 Å². The van der Waals surface area contributed by atoms with Crippen molar-refractivity contribution in [1.29, 1.82) is 0 Å². The molecular formula is C23H18FN3O. The number of aromatic nitrogens is 2. The van der Waals surface area contributed by atoms with Gasteiger partial charge in [0, 0.05) is 23.7 Å². The molecule has 0 N–H and O–H groups in total. The number of halogens is 1. The SMILES string of the molecule is CCN=Cc1cccc(-c2nn(-c3ccc(F)cc3)c(=O)c3ccccc23)c1. The summed E-state index contributed by atoms with van der Waals surface area (Å²) in [5.74, 6) is -0.360. The van der Waals surface area contributed by atoms with Gasteiger partial charge >= 0.3 is 0 Å². The molecule has 0 atom stereocenters. The summed E-state index contributed by atoms with van der Waals surface area (Å²) in [6.45, 7) is 2.69. The fourth-order valence-electron chi connectivity index (χ4n) is 3.12. The fourth-order valence-corrected chi connectivity index (χ4v) is 3.12. The van der Waals surface area contributed by atoms with Gasteiger partial charge in [-0.05, 0) is 48.9 Å². The van der Waals surface area contributed by atoms with Crippen molar-refractivity contribution in [3.05, 3.63) is 94.5 Å². The lowest BCUT2D eigenvalue weighted by Gasteiger charge is -2.12. The molecule has 0 saturated heterocycles. The highest BCUT2D eigenvalue weighted by atomic mass is 19.1. The smallest absolute Gasteiger partial charge is 0.279 e. The molecule has 0 aliphatic carbocycles. The number of nitrogens with zero attached hydrogens (tertiary/aromatic N) is 3. The third-order valence-corrected chi connectivity index (χ3v) is 4.46. The molecule has 1 aromatic heterocycles. The predicted molar refractivity (Wildman–Crippen MR) is 111 cm³/mol. The van der Waals surface area contributed by atoms with E-state index in [1.807, 2.05) is 55.6 Å². The van der Waals surface area contributed by atoms with Crippen LogP contribution in [0.25, 0.3) is 27.7 Å². The minimum atomic E-state index is -0.360. The van der Waals surface area contributed by atoms with Crippen LogP contribution in [0.5, 0.6) is 0 Å². The van der Waals surface area contributed by atoms with Crippen molar-refractivity contribution < 1.29 is 4.39 Å². The van der Waals surface area contributed by atoms with Crippen LogP contribution < -0.4 is 5.56 Å². The molecule has 5 heteroatoms. The molecule has 3 aromatic carbocycles. The average Bonchev–Trinajstić information content (AvgIpc) is 2.74. The Labute approximate surface area is 161 Å². The zero-order valence-corrected chi connectivity index (χ0v) is 15.3. The van der Waals surface area contributed by atoms with E-state index in [0.29, 0.717) is 23.3 Å². The van der Waals surface area contributed by atoms with Gasteiger partial charge in [-0.15, -0.1) is 0 Å². The number of benzene rings is 3. The first-order chi connectivity index (χ1) is 13.7. The Kier molecular flexibility index (Phi) is 4.81. The van der Waals surface area contributed by atoms with Crippen molar-refractivity contribution in [3.63, 3.8) is 0 Å². The van der Waals surface area contributed by atoms with Gasteiger partial charge in [-0.2, -0.15) is 9.78 Å². The van der Waals surface area contributed by atoms with Crippen molar-refractivity contribution >= 4 is 17.0 Å². The van der Waals surface area contributed by atoms with Crippen molar-refractivity contribution in [1.82, 2.24) is 9.78 Å². The quantitative estimate of drug-likeness (QED) is 0.491. The summed E-state index contributed by atoms with van der Waals surface area (Å²) in [4.78, 5) is 17.3. The number of aliphatic imine (C=N–C) groups is 1. The molecule has 0 saturated carbocycles. The van der Waals surface area contributed by atoms with Crippen molar-refractivity contribution in [2.45, 2.75) is 6.92 Å². The van der Waals surface area contributed by atoms with Gasteiger partial charge in [-0.1, -0.05) is 36.4 Å². The van der Waals surface area contributed by atoms with E-state index in [1.54, 1.807) is 18.2 Å². The normalized spacial score (nSPS) is 11.4. The van der Waals surface area contributed by atoms with Crippen LogP contribution in [0.3, 0.4) is 0 Å². The Morgan fingerprint density at radius 2 is 1.75 bits per heavy atom. The van der Waals surface area contributed by atoms with Gasteiger partial charge in [0.2, 0.25) is 0 Å². The van der Waals surface area contributed by atoms with Crippen LogP contribution in [0, 0.1) is 5.82 Å². The highest BCUT2D eigenvalue weighted by molar-refractivity contribution is 5.95. The Hall–Kier alpha value is -3.60. The monoisotopic (exact) mass is 371 g/mol. The summed E-state index contributed by atoms with van der Waals surface area (Å²) in [6, 6.07) is 21.0. The lowest BCUT2D eigenvalue weighted by Crippen LogP contribution is -2.22. The lowest BCUT2D eigenvalue weighted by molar-refractivity contribution is 0.626. The summed E-state index contributed by atoms with van der Waals surface area (Å²) >= 11 is 0. The molecule has 0 unspecified atom stereocenters. The van der Waals surface area contributed by atoms with Crippen LogP contribution >= 0.6 is 0 Å². The molecule has 1 heterocycles. The van der Waals surface area contributed by atoms with Gasteiger partial charge in [0.05, 0.1) is 16.8 Å². The summed E-state index contributed by atoms with van der Waals surface area (Å²) in [5.41, 5.74) is 2.81. The second-order valence-electron chi connectivity index (χ2n) is 6.34. The zero-order chi connectivity index (χ0) is 19.5. The van der Waals surface area contributed by atoms with Gasteiger partial charge in [0.25, 0.3) is 5.56 Å². The third kappa shape index (κ3) is 3.34. The van der Waals surface area contributed by atoms with E-state index in [1.165, 1.54) is 16.8 Å². The fraction of sp³-hybridized carbons (Fsp3) is 0.0870. The highest BCUT2D eigenvalue weighted by Gasteiger charge is 2.13. The molecule has 28 heavy (non-hydrogen) atoms. The summed E-state index contributed by atoms with van der Waals surface area (Å²) in [5, 5.41) is 5.96. The van der Waals surface area contributed by atoms with Crippen LogP contribution in [0.15, 0.2) is 82.6 Å². The van der Waals surface area contributed by atoms with Crippen LogP contribution in [0.1, 0.15) is 12.5 Å². The first-order valence-electron chi connectivity index (χ1n) is 9.05. The number of rotatable bonds is 4. The summed E-state index contributed by atoms with van der Waals surface area (Å²) in [6.07, 6.45) is 1.82. The summed E-state index contributed by atoms with van der Waals surface area (Å²) in [7, 11) is 0. The molecule has 0 radical (unpaired) electrons. The Balaban J connectivity index is 1.98. The van der Waals surface area contributed by atoms with E-state index in [0.717, 1.165) is 16.5 Å². The topological polar surface area (TPSA) is 47.2 Å². The molecule has 0 fully saturated rings. The lowest BCUT2D eigenvalue weighted by atomic mass is 10.0. The molecule has 0 aliphatic heterocycles. The molecule has 0 spiro atoms. The van der Waals surface area contributed by atoms with Gasteiger partial charge in [-0.3, -0.25) is 9.79 Å². The Morgan fingerprint density at radius 1 is 1.00 bits per heavy atom. The molecule has 0 aliphatic rings. The van der Waals surface area contributed by atoms with E-state index >= 15 is 0 Å². The predicted octanol–water partition coefficient (Wildman–Crippen LogP) is 4.63. The maximum atomic E-state index is 13.3. The Bertz CT molecular complexity index is 1230. The zero-order valence-electron chi connectivity index (χ0n) is 15.3. The van der Waals surface area contributed by atoms with Crippen LogP contribution in [-0.4, -0.2) is 22.5 Å². The maximum Gasteiger partial charge on any atom is 0.279 e. The van der Waals surface area contributed by atoms with Gasteiger partial charge < -0.3 is 0 Å². The van der Waals surface area contributed by atoms with Crippen molar-refractivity contribution in [2.24, 2.45) is 4.99 Å². The molecule has 4 nitrogen and oxygen atoms in total. The van der Waals surface area contributed by atoms with E-state index in [4.69, 9.17) is 0 Å². The number of hydrogen-bond acceptors (Lipinski definition) is 3. The van der Waals surface area contributed by atoms with E-state index in [-0.39, 0.29) is 11.4 Å². The standard InChI is InChI=1S/C23H18FN3O/c1-2-25-15-16-6-5-7-17(14-16)22-20-8-3-4-9-21(20)23(28)27(26-22)19-12-10-18(24)11-13-19/h3-15H,2H2,1H3. The maximum absolute atomic E-state index is 13.3. The van der Waals surface area contributed by atoms with Crippen LogP contribution in [0.4, 0.5) is 4.39 Å². The van der Waals surface area contributed by atoms with Gasteiger partial charge in [-0.25, -0.2) is 4.39 Å². The molecule has 138 valence electrons. The second kappa shape index (κ2) is 7.56. The van der Waals surface area contributed by atoms with E-state index < -0.39 is 0 Å². The second-order valence-corrected chi connectivity index (χ2v) is 6.34. The van der Waals surface area contributed by atoms with Gasteiger partial charge in [0.1, 0.15) is 5.82 Å². The minimum Gasteiger partial charge on any atom is -0.293 e. The highest BCUT2D eigenvalue weighted by Crippen LogP contribution is 2.26. The number of fused-ring (bicyclic) bond motifs is 1. The third-order valence-electron chi connectivity index (χ3n) is 4.46. The van der Waals surface area contributed by atoms with Crippen molar-refractivity contribution in [3.8, 4) is 16.9 Å². The minimum absolute atomic E-state index is 0.241. The Morgan fingerprint density at radius 3 is 2.50 bits per heavy atom. The average molecular weight is 371 g/mol. The molecule has 0 amide bonds. The van der Waals surface area contributed by atoms with Crippen molar-refractivity contribution in [2.75, 3.05) is 6.54 Å². The van der Waals surface area contributed by atoms with E-state index in [9.17, 15) is 9.18 Å². The molecular weight excluding hydrogens is 353 g/mol. The first-order valence-corrected chi connectivity index (χ1v) is 9.05. The molecule has 0 bridgehead atoms. The van der Waals surface area contributed by atoms with Gasteiger partial charge in [0.15, 0.2) is 0 Å². The largest absolute Gasteiger partial charge is 0.293 e. The first kappa shape index (κ1) is 17.8. The molecule has 4 aromatic rings. The summed E-state index contributed by atoms with van der Waals surface area (Å²) < 4.78 is 14.6. The molecule has 4 rings (SSSR count).